The van der Waals surface area contributed by atoms with Crippen molar-refractivity contribution >= 4 is 6.09 Å². The van der Waals surface area contributed by atoms with E-state index < -0.39 is 45.4 Å². The van der Waals surface area contributed by atoms with Crippen LogP contribution in [0.2, 0.25) is 0 Å². The Bertz CT molecular complexity index is 1060. The number of nitrogens with one attached hydrogen (secondary N) is 2. The van der Waals surface area contributed by atoms with Crippen molar-refractivity contribution in [3.05, 3.63) is 35.4 Å². The van der Waals surface area contributed by atoms with Gasteiger partial charge in [0.25, 0.3) is 0 Å². The second kappa shape index (κ2) is 11.6. The Morgan fingerprint density at radius 1 is 0.786 bits per heavy atom. The summed E-state index contributed by atoms with van der Waals surface area (Å²) in [4.78, 5) is 13.0. The molecule has 3 rings (SSSR count). The topological polar surface area (TPSA) is 126 Å². The Morgan fingerprint density at radius 3 is 1.57 bits per heavy atom. The maximum atomic E-state index is 13.0. The second-order valence-electron chi connectivity index (χ2n) is 16.0. The van der Waals surface area contributed by atoms with Crippen LogP contribution in [0.1, 0.15) is 120 Å². The van der Waals surface area contributed by atoms with Gasteiger partial charge < -0.3 is 20.0 Å². The summed E-state index contributed by atoms with van der Waals surface area (Å²) >= 11 is 0. The highest BCUT2D eigenvalue weighted by atomic mass is 16.6. The smallest absolute Gasteiger partial charge is 0.408 e. The summed E-state index contributed by atoms with van der Waals surface area (Å²) in [6.07, 6.45) is 0.215. The molecule has 10 nitrogen and oxygen atoms in total. The van der Waals surface area contributed by atoms with Crippen molar-refractivity contribution in [2.75, 3.05) is 0 Å². The van der Waals surface area contributed by atoms with Crippen molar-refractivity contribution in [1.82, 2.24) is 20.9 Å². The highest BCUT2D eigenvalue weighted by Gasteiger charge is 2.49. The van der Waals surface area contributed by atoms with E-state index in [0.29, 0.717) is 25.7 Å². The number of piperidine rings is 2. The van der Waals surface area contributed by atoms with E-state index >= 15 is 0 Å². The molecule has 1 amide bonds. The van der Waals surface area contributed by atoms with E-state index in [1.807, 2.05) is 107 Å². The van der Waals surface area contributed by atoms with E-state index in [4.69, 9.17) is 9.47 Å². The zero-order valence-corrected chi connectivity index (χ0v) is 27.8. The van der Waals surface area contributed by atoms with Gasteiger partial charge in [0.2, 0.25) is 0 Å². The number of carbonyl (C=O) groups excluding carboxylic acids is 1. The molecule has 2 radical (unpaired) electrons. The van der Waals surface area contributed by atoms with Gasteiger partial charge in [-0.15, -0.1) is 20.5 Å². The van der Waals surface area contributed by atoms with Crippen LogP contribution in [0.25, 0.3) is 0 Å². The number of benzene rings is 1. The molecule has 0 spiro atoms. The number of hydrogen-bond acceptors (Lipinski definition) is 7. The van der Waals surface area contributed by atoms with Crippen LogP contribution in [-0.4, -0.2) is 62.0 Å². The van der Waals surface area contributed by atoms with Crippen LogP contribution >= 0.6 is 0 Å². The molecule has 42 heavy (non-hydrogen) atoms. The fourth-order valence-electron chi connectivity index (χ4n) is 7.05. The predicted octanol–water partition coefficient (Wildman–Crippen LogP) is 5.98. The van der Waals surface area contributed by atoms with E-state index in [-0.39, 0.29) is 12.2 Å². The monoisotopic (exact) mass is 590 g/mol. The normalized spacial score (nSPS) is 24.3. The highest BCUT2D eigenvalue weighted by molar-refractivity contribution is 5.69. The number of hydroxylamine groups is 5. The van der Waals surface area contributed by atoms with Gasteiger partial charge in [0.1, 0.15) is 12.3 Å². The average molecular weight is 591 g/mol. The molecule has 10 heteroatoms. The van der Waals surface area contributed by atoms with Gasteiger partial charge >= 0.3 is 6.09 Å². The predicted molar refractivity (Wildman–Crippen MR) is 159 cm³/mol. The van der Waals surface area contributed by atoms with E-state index in [0.717, 1.165) is 21.3 Å². The highest BCUT2D eigenvalue weighted by Crippen LogP contribution is 2.41. The lowest BCUT2D eigenvalue weighted by Crippen LogP contribution is -2.61. The van der Waals surface area contributed by atoms with Gasteiger partial charge in [-0.1, -0.05) is 38.1 Å². The molecule has 2 aliphatic heterocycles. The summed E-state index contributed by atoms with van der Waals surface area (Å²) in [5.74, 6) is 0. The second-order valence-corrected chi connectivity index (χ2v) is 16.0. The Morgan fingerprint density at radius 2 is 1.17 bits per heavy atom. The summed E-state index contributed by atoms with van der Waals surface area (Å²) in [6.45, 7) is 23.0. The minimum Gasteiger partial charge on any atom is -0.446 e. The maximum absolute atomic E-state index is 13.0. The molecule has 1 aromatic rings. The average Bonchev–Trinajstić information content (AvgIpc) is 2.83. The lowest BCUT2D eigenvalue weighted by molar-refractivity contribution is -0.306. The van der Waals surface area contributed by atoms with Gasteiger partial charge in [-0.3, -0.25) is 0 Å². The molecule has 0 aliphatic carbocycles. The van der Waals surface area contributed by atoms with Crippen molar-refractivity contribution in [3.8, 4) is 0 Å². The van der Waals surface area contributed by atoms with Crippen LogP contribution in [0, 0.1) is 0 Å². The van der Waals surface area contributed by atoms with Gasteiger partial charge in [-0.05, 0) is 93.2 Å². The molecule has 2 saturated heterocycles. The summed E-state index contributed by atoms with van der Waals surface area (Å²) in [5, 5.41) is 40.8. The first-order valence-corrected chi connectivity index (χ1v) is 15.0. The number of rotatable bonds is 8. The van der Waals surface area contributed by atoms with Crippen molar-refractivity contribution in [3.63, 3.8) is 0 Å². The largest absolute Gasteiger partial charge is 0.446 e. The van der Waals surface area contributed by atoms with E-state index in [1.165, 1.54) is 0 Å². The molecule has 0 saturated carbocycles. The summed E-state index contributed by atoms with van der Waals surface area (Å²) in [7, 11) is 0. The van der Waals surface area contributed by atoms with Crippen LogP contribution in [0.3, 0.4) is 0 Å². The van der Waals surface area contributed by atoms with Crippen LogP contribution in [0.5, 0.6) is 0 Å². The minimum absolute atomic E-state index is 0.213. The standard InChI is InChI=1S/C32H54N4O6/c1-27(2)17-23(18-28(3,4)35(27)39)41-25(34-38)31(9,10)21-13-15-22(16-14-21)32(11,12)33-26(37)42-24-19-29(5,6)36(40)30(7,8)20-24/h13-16,23-25,34,38H,17-20H2,1-12H3,(H,33,37). The fraction of sp³-hybridized carbons (Fsp3) is 0.781. The van der Waals surface area contributed by atoms with E-state index in [2.05, 4.69) is 10.8 Å². The van der Waals surface area contributed by atoms with Crippen LogP contribution in [0.4, 0.5) is 4.79 Å². The van der Waals surface area contributed by atoms with Crippen LogP contribution in [-0.2, 0) is 30.8 Å². The van der Waals surface area contributed by atoms with Gasteiger partial charge in [-0.2, -0.15) is 5.48 Å². The first kappa shape index (κ1) is 34.7. The number of ether oxygens (including phenoxy) is 2. The summed E-state index contributed by atoms with van der Waals surface area (Å²) < 4.78 is 12.2. The van der Waals surface area contributed by atoms with Crippen molar-refractivity contribution in [2.45, 2.75) is 160 Å². The van der Waals surface area contributed by atoms with Gasteiger partial charge in [0.15, 0.2) is 0 Å². The molecule has 0 aromatic heterocycles. The van der Waals surface area contributed by atoms with E-state index in [1.54, 1.807) is 0 Å². The third-order valence-corrected chi connectivity index (χ3v) is 9.25. The number of nitrogens with zero attached hydrogens (tertiary/aromatic N) is 2. The minimum atomic E-state index is -0.724. The molecule has 2 fully saturated rings. The maximum Gasteiger partial charge on any atom is 0.408 e. The molecule has 1 atom stereocenters. The van der Waals surface area contributed by atoms with Gasteiger partial charge in [0, 0.05) is 40.4 Å². The lowest BCUT2D eigenvalue weighted by atomic mass is 9.79. The van der Waals surface area contributed by atoms with Crippen molar-refractivity contribution < 1.29 is 29.9 Å². The number of hydrogen-bond donors (Lipinski definition) is 3. The summed E-state index contributed by atoms with van der Waals surface area (Å²) in [6, 6.07) is 7.86. The Hall–Kier alpha value is -1.79. The molecule has 2 aliphatic rings. The third kappa shape index (κ3) is 7.29. The van der Waals surface area contributed by atoms with Crippen molar-refractivity contribution in [1.29, 1.82) is 0 Å². The molecule has 0 bridgehead atoms. The van der Waals surface area contributed by atoms with Gasteiger partial charge in [0.05, 0.1) is 11.6 Å². The Labute approximate surface area is 252 Å². The van der Waals surface area contributed by atoms with E-state index in [9.17, 15) is 20.4 Å². The zero-order valence-electron chi connectivity index (χ0n) is 27.8. The Kier molecular flexibility index (Phi) is 9.59. The van der Waals surface area contributed by atoms with Crippen LogP contribution in [0.15, 0.2) is 24.3 Å². The first-order valence-electron chi connectivity index (χ1n) is 15.0. The Balaban J connectivity index is 1.68. The number of amides is 1. The van der Waals surface area contributed by atoms with Crippen LogP contribution < -0.4 is 10.8 Å². The first-order chi connectivity index (χ1) is 18.9. The molecule has 238 valence electrons. The fourth-order valence-corrected chi connectivity index (χ4v) is 7.05. The molecular weight excluding hydrogens is 536 g/mol. The molecular formula is C32H54N4O6. The molecule has 2 heterocycles. The molecule has 3 N–H and O–H groups in total. The lowest BCUT2D eigenvalue weighted by Gasteiger charge is -2.50. The zero-order chi connectivity index (χ0) is 32.1. The molecule has 1 unspecified atom stereocenters. The number of alkyl carbamates (subject to hydrolysis) is 1. The van der Waals surface area contributed by atoms with Crippen molar-refractivity contribution in [2.24, 2.45) is 0 Å². The summed E-state index contributed by atoms with van der Waals surface area (Å²) in [5.41, 5.74) is 0.411. The number of carbonyl (C=O) groups is 1. The molecule has 1 aromatic carbocycles. The quantitative estimate of drug-likeness (QED) is 0.251. The third-order valence-electron chi connectivity index (χ3n) is 9.25. The SMILES string of the molecule is CC(C)(NC(=O)OC1CC(C)(C)N([O])C(C)(C)C1)c1ccc(C(C)(C)C(NO)OC2CC(C)(C)N([O])C(C)(C)C2)cc1. The van der Waals surface area contributed by atoms with Gasteiger partial charge in [-0.25, -0.2) is 4.79 Å².